The van der Waals surface area contributed by atoms with E-state index in [-0.39, 0.29) is 38.4 Å². The molecule has 0 saturated carbocycles. The van der Waals surface area contributed by atoms with E-state index in [2.05, 4.69) is 20.3 Å². The largest absolute Gasteiger partial charge is 0.480 e. The van der Waals surface area contributed by atoms with Crippen LogP contribution in [0.4, 0.5) is 5.69 Å². The summed E-state index contributed by atoms with van der Waals surface area (Å²) in [5, 5.41) is 40.7. The van der Waals surface area contributed by atoms with Gasteiger partial charge < -0.3 is 35.7 Å². The number of aromatic nitrogens is 4. The van der Waals surface area contributed by atoms with E-state index in [4.69, 9.17) is 10.1 Å². The lowest BCUT2D eigenvalue weighted by molar-refractivity contribution is -0.150. The Morgan fingerprint density at radius 3 is 1.75 bits per heavy atom. The highest BCUT2D eigenvalue weighted by Gasteiger charge is 2.34. The van der Waals surface area contributed by atoms with Crippen LogP contribution in [0.1, 0.15) is 28.3 Å². The Morgan fingerprint density at radius 2 is 1.19 bits per heavy atom. The fourth-order valence-corrected chi connectivity index (χ4v) is 6.45. The Balaban J connectivity index is 1.22. The molecule has 2 aliphatic heterocycles. The molecular formula is C40H40N8O9. The topological polar surface area (TPSA) is 245 Å². The Bertz CT molecular complexity index is 2420. The summed E-state index contributed by atoms with van der Waals surface area (Å²) in [5.74, 6) is -6.25. The minimum absolute atomic E-state index is 0.0923. The number of hydrogen-bond acceptors (Lipinski definition) is 10. The Kier molecular flexibility index (Phi) is 12.3. The number of aromatic amines is 2. The van der Waals surface area contributed by atoms with Gasteiger partial charge in [0.2, 0.25) is 0 Å². The highest BCUT2D eigenvalue weighted by atomic mass is 16.4. The van der Waals surface area contributed by atoms with Crippen molar-refractivity contribution in [3.63, 3.8) is 0 Å². The number of anilines is 1. The molecule has 3 aromatic heterocycles. The van der Waals surface area contributed by atoms with E-state index >= 15 is 0 Å². The quantitative estimate of drug-likeness (QED) is 0.0658. The molecule has 0 aliphatic carbocycles. The number of nitrogens with zero attached hydrogens (tertiary/aromatic N) is 5. The number of aliphatic carboxylic acids is 4. The van der Waals surface area contributed by atoms with E-state index in [1.165, 1.54) is 9.80 Å². The van der Waals surface area contributed by atoms with Gasteiger partial charge >= 0.3 is 23.9 Å². The van der Waals surface area contributed by atoms with Crippen molar-refractivity contribution in [3.8, 4) is 0 Å². The molecular weight excluding hydrogens is 736 g/mol. The summed E-state index contributed by atoms with van der Waals surface area (Å²) in [4.78, 5) is 80.4. The maximum atomic E-state index is 13.5. The zero-order chi connectivity index (χ0) is 40.6. The Morgan fingerprint density at radius 1 is 0.649 bits per heavy atom. The van der Waals surface area contributed by atoms with Crippen molar-refractivity contribution in [1.82, 2.24) is 34.6 Å². The summed E-state index contributed by atoms with van der Waals surface area (Å²) >= 11 is 0. The van der Waals surface area contributed by atoms with Crippen LogP contribution in [0.25, 0.3) is 45.9 Å². The van der Waals surface area contributed by atoms with E-state index < -0.39 is 48.9 Å². The van der Waals surface area contributed by atoms with Gasteiger partial charge in [-0.15, -0.1) is 0 Å². The summed E-state index contributed by atoms with van der Waals surface area (Å²) in [6.07, 6.45) is 5.83. The molecule has 0 fully saturated rings. The van der Waals surface area contributed by atoms with E-state index in [1.54, 1.807) is 31.3 Å². The fraction of sp³-hybridized carbons (Fsp3) is 0.225. The zero-order valence-electron chi connectivity index (χ0n) is 30.8. The number of benzene rings is 1. The molecule has 0 saturated heterocycles. The molecule has 5 heterocycles. The first-order valence-corrected chi connectivity index (χ1v) is 17.8. The molecule has 0 spiro atoms. The van der Waals surface area contributed by atoms with Gasteiger partial charge in [-0.05, 0) is 91.5 Å². The summed E-state index contributed by atoms with van der Waals surface area (Å²) in [6, 6.07) is 20.3. The molecule has 1 atom stereocenters. The molecule has 17 nitrogen and oxygen atoms in total. The lowest BCUT2D eigenvalue weighted by atomic mass is 10.0. The molecule has 7 N–H and O–H groups in total. The molecule has 6 rings (SSSR count). The predicted octanol–water partition coefficient (Wildman–Crippen LogP) is 3.26. The van der Waals surface area contributed by atoms with E-state index in [9.17, 15) is 39.3 Å². The van der Waals surface area contributed by atoms with Gasteiger partial charge in [0.1, 0.15) is 0 Å². The van der Waals surface area contributed by atoms with Crippen molar-refractivity contribution >= 4 is 81.3 Å². The number of carbonyl (C=O) groups excluding carboxylic acids is 1. The Labute approximate surface area is 325 Å². The van der Waals surface area contributed by atoms with Gasteiger partial charge in [-0.3, -0.25) is 33.9 Å². The number of H-pyrrole nitrogens is 2. The number of carboxylic acids is 4. The smallest absolute Gasteiger partial charge is 0.330 e. The summed E-state index contributed by atoms with van der Waals surface area (Å²) in [7, 11) is 1.54. The van der Waals surface area contributed by atoms with Gasteiger partial charge in [-0.25, -0.2) is 14.8 Å². The monoisotopic (exact) mass is 776 g/mol. The van der Waals surface area contributed by atoms with Crippen LogP contribution in [0, 0.1) is 0 Å². The zero-order valence-corrected chi connectivity index (χ0v) is 30.8. The minimum Gasteiger partial charge on any atom is -0.480 e. The average Bonchev–Trinajstić information content (AvgIpc) is 3.95. The van der Waals surface area contributed by atoms with Crippen LogP contribution in [0.3, 0.4) is 0 Å². The van der Waals surface area contributed by atoms with Crippen LogP contribution in [0.5, 0.6) is 0 Å². The number of amides is 1. The van der Waals surface area contributed by atoms with Crippen molar-refractivity contribution in [3.05, 3.63) is 101 Å². The van der Waals surface area contributed by atoms with Gasteiger partial charge in [0.25, 0.3) is 5.91 Å². The van der Waals surface area contributed by atoms with Gasteiger partial charge in [-0.2, -0.15) is 0 Å². The minimum atomic E-state index is -1.93. The molecule has 2 aliphatic rings. The van der Waals surface area contributed by atoms with Crippen molar-refractivity contribution in [2.45, 2.75) is 6.04 Å². The van der Waals surface area contributed by atoms with Gasteiger partial charge in [0.05, 0.1) is 42.4 Å². The number of fused-ring (bicyclic) bond motifs is 8. The molecule has 1 amide bonds. The first kappa shape index (κ1) is 39.7. The maximum Gasteiger partial charge on any atom is 0.330 e. The second-order valence-corrected chi connectivity index (χ2v) is 13.6. The lowest BCUT2D eigenvalue weighted by Gasteiger charge is -2.30. The second kappa shape index (κ2) is 17.7. The molecule has 0 radical (unpaired) electrons. The number of nitrogens with one attached hydrogen (secondary N) is 3. The van der Waals surface area contributed by atoms with Crippen molar-refractivity contribution < 1.29 is 44.4 Å². The molecule has 17 heteroatoms. The molecule has 4 aromatic rings. The van der Waals surface area contributed by atoms with Crippen LogP contribution >= 0.6 is 0 Å². The van der Waals surface area contributed by atoms with Crippen LogP contribution in [-0.4, -0.2) is 144 Å². The van der Waals surface area contributed by atoms with E-state index in [1.807, 2.05) is 66.8 Å². The van der Waals surface area contributed by atoms with Crippen LogP contribution < -0.4 is 5.32 Å². The standard InChI is InChI=1S/C40H40N8O9/c1-46(21-35(49)50)12-13-47(22-36(51)52)14-15-48(23-37(53)54)38(40(56)57)39(55)45-25-4-2-24(3-5-25)33-19-32-18-30-9-8-28(42-30)16-26-6-7-27(41-26)17-29-10-11-31(43-29)20-34(33)44-32/h2-11,16-20,38,42-43H,12-15,21-23H2,1H3,(H,45,55)(H,49,50)(H,51,52)(H,53,54)(H,56,57). The third kappa shape index (κ3) is 10.8. The van der Waals surface area contributed by atoms with Crippen LogP contribution in [-0.2, 0) is 24.0 Å². The fourth-order valence-electron chi connectivity index (χ4n) is 6.45. The highest BCUT2D eigenvalue weighted by Crippen LogP contribution is 2.30. The first-order valence-electron chi connectivity index (χ1n) is 17.8. The summed E-state index contributed by atoms with van der Waals surface area (Å²) in [6.45, 7) is -1.72. The van der Waals surface area contributed by atoms with Gasteiger partial charge in [-0.1, -0.05) is 12.1 Å². The molecule has 8 bridgehead atoms. The molecule has 57 heavy (non-hydrogen) atoms. The van der Waals surface area contributed by atoms with Crippen molar-refractivity contribution in [2.24, 2.45) is 0 Å². The SMILES string of the molecule is CN(CCN(CCN(CC(=O)O)C(C(=O)O)C(=O)Nc1ccc(C2=Cc3cc4ccc(cc5nc(cc6ccc(cc2n3)[nH]6)C=C5)[nH]4)cc1)CC(=O)O)CC(=O)O. The van der Waals surface area contributed by atoms with Gasteiger partial charge in [0.15, 0.2) is 6.04 Å². The predicted molar refractivity (Wildman–Crippen MR) is 212 cm³/mol. The number of hydrogen-bond donors (Lipinski definition) is 7. The normalized spacial score (nSPS) is 12.8. The number of carboxylic acid groups (broad SMARTS) is 4. The summed E-state index contributed by atoms with van der Waals surface area (Å²) < 4.78 is 0. The van der Waals surface area contributed by atoms with Crippen molar-refractivity contribution in [2.75, 3.05) is 58.2 Å². The van der Waals surface area contributed by atoms with Crippen LogP contribution in [0.15, 0.2) is 72.8 Å². The van der Waals surface area contributed by atoms with Gasteiger partial charge in [0, 0.05) is 59.5 Å². The molecule has 294 valence electrons. The van der Waals surface area contributed by atoms with Crippen LogP contribution in [0.2, 0.25) is 0 Å². The highest BCUT2D eigenvalue weighted by molar-refractivity contribution is 6.08. The van der Waals surface area contributed by atoms with E-state index in [0.29, 0.717) is 11.4 Å². The third-order valence-electron chi connectivity index (χ3n) is 9.08. The molecule has 1 unspecified atom stereocenters. The summed E-state index contributed by atoms with van der Waals surface area (Å²) in [5.41, 5.74) is 8.19. The number of carbonyl (C=O) groups is 5. The third-order valence-corrected chi connectivity index (χ3v) is 9.08. The second-order valence-electron chi connectivity index (χ2n) is 13.6. The van der Waals surface area contributed by atoms with Crippen molar-refractivity contribution in [1.29, 1.82) is 0 Å². The maximum absolute atomic E-state index is 13.5. The lowest BCUT2D eigenvalue weighted by Crippen LogP contribution is -2.53. The van der Waals surface area contributed by atoms with E-state index in [0.717, 1.165) is 49.5 Å². The molecule has 1 aromatic carbocycles. The Hall–Kier alpha value is -6.95. The number of likely N-dealkylation sites (N-methyl/N-ethyl adjacent to an activating group) is 1. The first-order chi connectivity index (χ1) is 27.3. The average molecular weight is 777 g/mol. The number of rotatable bonds is 17.